The zero-order chi connectivity index (χ0) is 21.7. The predicted octanol–water partition coefficient (Wildman–Crippen LogP) is 6.60. The SMILES string of the molecule is CC1=C(/C=C/C(C)=C\C=C\C(C)=C\C(=O)n2nnc3ccccc32)C(C)(C)CCC1. The van der Waals surface area contributed by atoms with Crippen molar-refractivity contribution in [1.82, 2.24) is 15.0 Å². The molecule has 1 aliphatic rings. The average molecular weight is 402 g/mol. The fourth-order valence-corrected chi connectivity index (χ4v) is 3.97. The predicted molar refractivity (Wildman–Crippen MR) is 124 cm³/mol. The molecule has 0 saturated carbocycles. The molecule has 4 heteroatoms. The Morgan fingerprint density at radius 2 is 1.90 bits per heavy atom. The van der Waals surface area contributed by atoms with E-state index in [0.29, 0.717) is 11.0 Å². The second-order valence-electron chi connectivity index (χ2n) is 8.75. The van der Waals surface area contributed by atoms with E-state index < -0.39 is 0 Å². The van der Waals surface area contributed by atoms with E-state index in [9.17, 15) is 4.79 Å². The number of carbonyl (C=O) groups is 1. The van der Waals surface area contributed by atoms with Crippen LogP contribution in [0.4, 0.5) is 0 Å². The lowest BCUT2D eigenvalue weighted by Crippen LogP contribution is -2.19. The van der Waals surface area contributed by atoms with Gasteiger partial charge in [-0.15, -0.1) is 5.10 Å². The zero-order valence-corrected chi connectivity index (χ0v) is 18.6. The molecule has 0 saturated heterocycles. The molecule has 0 fully saturated rings. The monoisotopic (exact) mass is 401 g/mol. The highest BCUT2D eigenvalue weighted by Crippen LogP contribution is 2.40. The molecule has 4 nitrogen and oxygen atoms in total. The number of benzene rings is 1. The van der Waals surface area contributed by atoms with Crippen molar-refractivity contribution in [3.8, 4) is 0 Å². The Labute approximate surface area is 179 Å². The summed E-state index contributed by atoms with van der Waals surface area (Å²) in [6.45, 7) is 10.9. The molecular weight excluding hydrogens is 370 g/mol. The third-order valence-electron chi connectivity index (χ3n) is 5.69. The summed E-state index contributed by atoms with van der Waals surface area (Å²) in [6.07, 6.45) is 15.7. The fraction of sp³-hybridized carbons (Fsp3) is 0.346. The van der Waals surface area contributed by atoms with Crippen LogP contribution >= 0.6 is 0 Å². The van der Waals surface area contributed by atoms with E-state index in [0.717, 1.165) is 5.57 Å². The van der Waals surface area contributed by atoms with Crippen LogP contribution in [0.5, 0.6) is 0 Å². The van der Waals surface area contributed by atoms with Gasteiger partial charge in [-0.3, -0.25) is 4.79 Å². The molecule has 1 heterocycles. The van der Waals surface area contributed by atoms with Gasteiger partial charge in [0.25, 0.3) is 5.91 Å². The normalized spacial score (nSPS) is 18.2. The van der Waals surface area contributed by atoms with Crippen LogP contribution in [0, 0.1) is 5.41 Å². The Morgan fingerprint density at radius 1 is 1.13 bits per heavy atom. The average Bonchev–Trinajstić information content (AvgIpc) is 3.11. The smallest absolute Gasteiger partial charge is 0.267 e. The molecule has 3 rings (SSSR count). The first-order valence-corrected chi connectivity index (χ1v) is 10.5. The lowest BCUT2D eigenvalue weighted by atomic mass is 9.72. The van der Waals surface area contributed by atoms with E-state index in [4.69, 9.17) is 0 Å². The number of para-hydroxylation sites is 1. The summed E-state index contributed by atoms with van der Waals surface area (Å²) in [5.74, 6) is -0.201. The first kappa shape index (κ1) is 21.7. The van der Waals surface area contributed by atoms with Gasteiger partial charge in [0.15, 0.2) is 0 Å². The zero-order valence-electron chi connectivity index (χ0n) is 18.6. The maximum absolute atomic E-state index is 12.5. The van der Waals surface area contributed by atoms with Crippen LogP contribution in [0.25, 0.3) is 11.0 Å². The van der Waals surface area contributed by atoms with Crippen molar-refractivity contribution in [2.24, 2.45) is 5.41 Å². The third kappa shape index (κ3) is 5.12. The Hall–Kier alpha value is -3.01. The van der Waals surface area contributed by atoms with Gasteiger partial charge in [0.05, 0.1) is 5.52 Å². The Morgan fingerprint density at radius 3 is 2.67 bits per heavy atom. The van der Waals surface area contributed by atoms with Gasteiger partial charge in [-0.1, -0.05) is 72.7 Å². The molecule has 1 aromatic heterocycles. The van der Waals surface area contributed by atoms with E-state index >= 15 is 0 Å². The summed E-state index contributed by atoms with van der Waals surface area (Å²) in [6, 6.07) is 7.44. The quantitative estimate of drug-likeness (QED) is 0.419. The standard InChI is InChI=1S/C26H31N3O/c1-19(15-16-22-21(3)12-9-17-26(22,4)5)10-8-11-20(2)18-25(30)29-24-14-7-6-13-23(24)27-28-29/h6-8,10-11,13-16,18H,9,12,17H2,1-5H3/b11-8+,16-15+,19-10-,20-18+. The van der Waals surface area contributed by atoms with Gasteiger partial charge in [-0.2, -0.15) is 4.68 Å². The molecule has 0 atom stereocenters. The summed E-state index contributed by atoms with van der Waals surface area (Å²) in [4.78, 5) is 12.5. The number of hydrogen-bond acceptors (Lipinski definition) is 3. The number of nitrogens with zero attached hydrogens (tertiary/aromatic N) is 3. The van der Waals surface area contributed by atoms with Crippen molar-refractivity contribution in [3.05, 3.63) is 83.0 Å². The van der Waals surface area contributed by atoms with Crippen molar-refractivity contribution in [2.45, 2.75) is 53.9 Å². The highest BCUT2D eigenvalue weighted by Gasteiger charge is 2.26. The van der Waals surface area contributed by atoms with Gasteiger partial charge in [-0.05, 0) is 68.7 Å². The molecule has 0 aliphatic heterocycles. The molecule has 2 aromatic rings. The van der Waals surface area contributed by atoms with Crippen LogP contribution in [-0.4, -0.2) is 20.9 Å². The minimum atomic E-state index is -0.201. The van der Waals surface area contributed by atoms with Crippen molar-refractivity contribution >= 4 is 16.9 Å². The van der Waals surface area contributed by atoms with Crippen LogP contribution in [0.3, 0.4) is 0 Å². The fourth-order valence-electron chi connectivity index (χ4n) is 3.97. The molecule has 0 amide bonds. The van der Waals surface area contributed by atoms with E-state index in [1.54, 1.807) is 6.08 Å². The van der Waals surface area contributed by atoms with Gasteiger partial charge in [0.1, 0.15) is 5.52 Å². The van der Waals surface area contributed by atoms with E-state index in [1.165, 1.54) is 40.7 Å². The molecule has 1 aromatic carbocycles. The van der Waals surface area contributed by atoms with E-state index in [-0.39, 0.29) is 11.3 Å². The molecule has 0 unspecified atom stereocenters. The van der Waals surface area contributed by atoms with Gasteiger partial charge in [-0.25, -0.2) is 0 Å². The maximum atomic E-state index is 12.5. The van der Waals surface area contributed by atoms with Crippen molar-refractivity contribution in [2.75, 3.05) is 0 Å². The third-order valence-corrected chi connectivity index (χ3v) is 5.69. The summed E-state index contributed by atoms with van der Waals surface area (Å²) in [5.41, 5.74) is 6.68. The van der Waals surface area contributed by atoms with Gasteiger partial charge in [0.2, 0.25) is 0 Å². The molecule has 0 N–H and O–H groups in total. The number of carbonyl (C=O) groups excluding carboxylic acids is 1. The maximum Gasteiger partial charge on any atom is 0.273 e. The second-order valence-corrected chi connectivity index (χ2v) is 8.75. The van der Waals surface area contributed by atoms with Crippen LogP contribution in [0.1, 0.15) is 58.7 Å². The van der Waals surface area contributed by atoms with Crippen molar-refractivity contribution < 1.29 is 4.79 Å². The van der Waals surface area contributed by atoms with Crippen molar-refractivity contribution in [3.63, 3.8) is 0 Å². The summed E-state index contributed by atoms with van der Waals surface area (Å²) in [7, 11) is 0. The van der Waals surface area contributed by atoms with Crippen LogP contribution in [-0.2, 0) is 0 Å². The minimum Gasteiger partial charge on any atom is -0.267 e. The highest BCUT2D eigenvalue weighted by atomic mass is 16.2. The number of aromatic nitrogens is 3. The number of rotatable bonds is 5. The first-order chi connectivity index (χ1) is 14.3. The molecular formula is C26H31N3O. The van der Waals surface area contributed by atoms with E-state index in [1.807, 2.05) is 43.3 Å². The summed E-state index contributed by atoms with van der Waals surface area (Å²) in [5, 5.41) is 8.00. The Bertz CT molecular complexity index is 1090. The van der Waals surface area contributed by atoms with Gasteiger partial charge < -0.3 is 0 Å². The van der Waals surface area contributed by atoms with Crippen molar-refractivity contribution in [1.29, 1.82) is 0 Å². The Balaban J connectivity index is 1.67. The molecule has 1 aliphatic carbocycles. The molecule has 0 radical (unpaired) electrons. The molecule has 30 heavy (non-hydrogen) atoms. The molecule has 156 valence electrons. The molecule has 0 spiro atoms. The second kappa shape index (κ2) is 9.21. The topological polar surface area (TPSA) is 47.8 Å². The summed E-state index contributed by atoms with van der Waals surface area (Å²) < 4.78 is 1.33. The number of fused-ring (bicyclic) bond motifs is 1. The van der Waals surface area contributed by atoms with Crippen LogP contribution in [0.15, 0.2) is 83.0 Å². The number of hydrogen-bond donors (Lipinski definition) is 0. The largest absolute Gasteiger partial charge is 0.273 e. The lowest BCUT2D eigenvalue weighted by molar-refractivity contribution is 0.0956. The molecule has 0 bridgehead atoms. The van der Waals surface area contributed by atoms with Gasteiger partial charge in [0, 0.05) is 6.08 Å². The number of allylic oxidation sites excluding steroid dienone is 10. The highest BCUT2D eigenvalue weighted by molar-refractivity contribution is 5.96. The van der Waals surface area contributed by atoms with Crippen LogP contribution < -0.4 is 0 Å². The Kier molecular flexibility index (Phi) is 6.66. The first-order valence-electron chi connectivity index (χ1n) is 10.5. The van der Waals surface area contributed by atoms with Crippen LogP contribution in [0.2, 0.25) is 0 Å². The lowest BCUT2D eigenvalue weighted by Gasteiger charge is -2.32. The van der Waals surface area contributed by atoms with E-state index in [2.05, 4.69) is 56.2 Å². The minimum absolute atomic E-state index is 0.201. The summed E-state index contributed by atoms with van der Waals surface area (Å²) >= 11 is 0. The van der Waals surface area contributed by atoms with Gasteiger partial charge >= 0.3 is 0 Å².